The molecule has 0 bridgehead atoms. The monoisotopic (exact) mass is 359 g/mol. The van der Waals surface area contributed by atoms with Crippen LogP contribution in [0.1, 0.15) is 33.6 Å². The number of amides is 1. The van der Waals surface area contributed by atoms with Gasteiger partial charge in [0.15, 0.2) is 0 Å². The minimum Gasteiger partial charge on any atom is -0.491 e. The van der Waals surface area contributed by atoms with Crippen LogP contribution < -0.4 is 10.1 Å². The lowest BCUT2D eigenvalue weighted by Crippen LogP contribution is -2.16. The SMILES string of the molecule is O=C(O)c1ccc(F)c(NC(=O)c2ccc(OC[C@@H]3CCCO3)cc2)c1. The van der Waals surface area contributed by atoms with E-state index in [0.29, 0.717) is 17.9 Å². The molecule has 1 amide bonds. The second-order valence-electron chi connectivity index (χ2n) is 5.92. The van der Waals surface area contributed by atoms with Crippen LogP contribution in [-0.4, -0.2) is 36.3 Å². The molecular formula is C19H18FNO5. The number of carboxylic acids is 1. The van der Waals surface area contributed by atoms with E-state index >= 15 is 0 Å². The van der Waals surface area contributed by atoms with Crippen molar-refractivity contribution in [2.45, 2.75) is 18.9 Å². The highest BCUT2D eigenvalue weighted by Crippen LogP contribution is 2.19. The van der Waals surface area contributed by atoms with Gasteiger partial charge in [-0.15, -0.1) is 0 Å². The fourth-order valence-corrected chi connectivity index (χ4v) is 2.62. The molecule has 0 saturated carbocycles. The molecule has 6 nitrogen and oxygen atoms in total. The number of ether oxygens (including phenoxy) is 2. The number of carbonyl (C=O) groups excluding carboxylic acids is 1. The summed E-state index contributed by atoms with van der Waals surface area (Å²) in [5, 5.41) is 11.3. The summed E-state index contributed by atoms with van der Waals surface area (Å²) < 4.78 is 24.9. The Morgan fingerprint density at radius 3 is 2.58 bits per heavy atom. The van der Waals surface area contributed by atoms with Crippen LogP contribution in [0.25, 0.3) is 0 Å². The molecule has 2 aromatic rings. The third-order valence-electron chi connectivity index (χ3n) is 4.04. The van der Waals surface area contributed by atoms with E-state index < -0.39 is 17.7 Å². The Kier molecular flexibility index (Phi) is 5.48. The first kappa shape index (κ1) is 17.9. The van der Waals surface area contributed by atoms with Crippen molar-refractivity contribution < 1.29 is 28.6 Å². The number of carbonyl (C=O) groups is 2. The van der Waals surface area contributed by atoms with Crippen molar-refractivity contribution in [3.05, 3.63) is 59.4 Å². The Hall–Kier alpha value is -2.93. The molecule has 0 aliphatic carbocycles. The van der Waals surface area contributed by atoms with Gasteiger partial charge in [0, 0.05) is 12.2 Å². The van der Waals surface area contributed by atoms with Gasteiger partial charge < -0.3 is 19.9 Å². The molecule has 7 heteroatoms. The molecule has 1 saturated heterocycles. The Bertz CT molecular complexity index is 800. The first-order valence-electron chi connectivity index (χ1n) is 8.21. The average molecular weight is 359 g/mol. The van der Waals surface area contributed by atoms with Crippen molar-refractivity contribution in [2.24, 2.45) is 0 Å². The van der Waals surface area contributed by atoms with Crippen molar-refractivity contribution in [3.8, 4) is 5.75 Å². The van der Waals surface area contributed by atoms with Crippen LogP contribution in [0.5, 0.6) is 5.75 Å². The van der Waals surface area contributed by atoms with Gasteiger partial charge in [0.25, 0.3) is 5.91 Å². The standard InChI is InChI=1S/C19H18FNO5/c20-16-8-5-13(19(23)24)10-17(16)21-18(22)12-3-6-14(7-4-12)26-11-15-2-1-9-25-15/h3-8,10,15H,1-2,9,11H2,(H,21,22)(H,23,24)/t15-/m0/s1. The molecule has 3 rings (SSSR count). The van der Waals surface area contributed by atoms with Crippen LogP contribution in [-0.2, 0) is 4.74 Å². The minimum absolute atomic E-state index is 0.0995. The predicted molar refractivity (Wildman–Crippen MR) is 92.2 cm³/mol. The highest BCUT2D eigenvalue weighted by Gasteiger charge is 2.16. The summed E-state index contributed by atoms with van der Waals surface area (Å²) in [7, 11) is 0. The van der Waals surface area contributed by atoms with Crippen molar-refractivity contribution in [1.82, 2.24) is 0 Å². The van der Waals surface area contributed by atoms with E-state index in [0.717, 1.165) is 37.6 Å². The lowest BCUT2D eigenvalue weighted by atomic mass is 10.1. The Balaban J connectivity index is 1.62. The second kappa shape index (κ2) is 7.97. The van der Waals surface area contributed by atoms with Gasteiger partial charge in [-0.05, 0) is 55.3 Å². The summed E-state index contributed by atoms with van der Waals surface area (Å²) in [5.74, 6) is -1.85. The van der Waals surface area contributed by atoms with Gasteiger partial charge in [0.2, 0.25) is 0 Å². The van der Waals surface area contributed by atoms with E-state index in [1.165, 1.54) is 0 Å². The maximum atomic E-state index is 13.8. The number of hydrogen-bond acceptors (Lipinski definition) is 4. The van der Waals surface area contributed by atoms with E-state index in [2.05, 4.69) is 5.32 Å². The fraction of sp³-hybridized carbons (Fsp3) is 0.263. The predicted octanol–water partition coefficient (Wildman–Crippen LogP) is 3.33. The number of hydrogen-bond donors (Lipinski definition) is 2. The highest BCUT2D eigenvalue weighted by atomic mass is 19.1. The molecule has 1 atom stereocenters. The first-order valence-corrected chi connectivity index (χ1v) is 8.21. The number of benzene rings is 2. The van der Waals surface area contributed by atoms with E-state index in [4.69, 9.17) is 14.6 Å². The van der Waals surface area contributed by atoms with Crippen LogP contribution in [0.3, 0.4) is 0 Å². The van der Waals surface area contributed by atoms with Gasteiger partial charge in [0.05, 0.1) is 17.4 Å². The smallest absolute Gasteiger partial charge is 0.335 e. The second-order valence-corrected chi connectivity index (χ2v) is 5.92. The summed E-state index contributed by atoms with van der Waals surface area (Å²) in [6, 6.07) is 9.61. The van der Waals surface area contributed by atoms with Gasteiger partial charge in [0.1, 0.15) is 18.2 Å². The molecule has 1 fully saturated rings. The van der Waals surface area contributed by atoms with Gasteiger partial charge in [-0.25, -0.2) is 9.18 Å². The van der Waals surface area contributed by atoms with Crippen molar-refractivity contribution >= 4 is 17.6 Å². The zero-order chi connectivity index (χ0) is 18.5. The summed E-state index contributed by atoms with van der Waals surface area (Å²) in [6.45, 7) is 1.21. The van der Waals surface area contributed by atoms with Crippen molar-refractivity contribution in [3.63, 3.8) is 0 Å². The molecule has 1 heterocycles. The molecule has 136 valence electrons. The Morgan fingerprint density at radius 1 is 1.19 bits per heavy atom. The molecule has 1 aliphatic rings. The van der Waals surface area contributed by atoms with Crippen LogP contribution >= 0.6 is 0 Å². The van der Waals surface area contributed by atoms with E-state index in [1.807, 2.05) is 0 Å². The van der Waals surface area contributed by atoms with Crippen LogP contribution in [0.15, 0.2) is 42.5 Å². The third-order valence-corrected chi connectivity index (χ3v) is 4.04. The third kappa shape index (κ3) is 4.37. The first-order chi connectivity index (χ1) is 12.5. The van der Waals surface area contributed by atoms with E-state index in [1.54, 1.807) is 24.3 Å². The van der Waals surface area contributed by atoms with Crippen LogP contribution in [0, 0.1) is 5.82 Å². The van der Waals surface area contributed by atoms with Crippen LogP contribution in [0.4, 0.5) is 10.1 Å². The number of nitrogens with one attached hydrogen (secondary N) is 1. The lowest BCUT2D eigenvalue weighted by Gasteiger charge is -2.12. The molecule has 0 radical (unpaired) electrons. The molecule has 2 N–H and O–H groups in total. The molecular weight excluding hydrogens is 341 g/mol. The minimum atomic E-state index is -1.20. The van der Waals surface area contributed by atoms with Gasteiger partial charge in [-0.3, -0.25) is 4.79 Å². The van der Waals surface area contributed by atoms with E-state index in [9.17, 15) is 14.0 Å². The van der Waals surface area contributed by atoms with Crippen molar-refractivity contribution in [2.75, 3.05) is 18.5 Å². The lowest BCUT2D eigenvalue weighted by molar-refractivity contribution is 0.0679. The molecule has 0 spiro atoms. The van der Waals surface area contributed by atoms with Crippen LogP contribution in [0.2, 0.25) is 0 Å². The zero-order valence-electron chi connectivity index (χ0n) is 13.9. The number of halogens is 1. The summed E-state index contributed by atoms with van der Waals surface area (Å²) in [6.07, 6.45) is 2.11. The summed E-state index contributed by atoms with van der Waals surface area (Å²) >= 11 is 0. The normalized spacial score (nSPS) is 16.3. The molecule has 0 unspecified atom stereocenters. The molecule has 0 aromatic heterocycles. The molecule has 2 aromatic carbocycles. The van der Waals surface area contributed by atoms with E-state index in [-0.39, 0.29) is 17.4 Å². The quantitative estimate of drug-likeness (QED) is 0.826. The summed E-state index contributed by atoms with van der Waals surface area (Å²) in [4.78, 5) is 23.2. The molecule has 26 heavy (non-hydrogen) atoms. The highest BCUT2D eigenvalue weighted by molar-refractivity contribution is 6.05. The average Bonchev–Trinajstić information content (AvgIpc) is 3.15. The van der Waals surface area contributed by atoms with Gasteiger partial charge in [-0.1, -0.05) is 0 Å². The summed E-state index contributed by atoms with van der Waals surface area (Å²) in [5.41, 5.74) is 0.00258. The fourth-order valence-electron chi connectivity index (χ4n) is 2.62. The Labute approximate surface area is 149 Å². The topological polar surface area (TPSA) is 84.9 Å². The Morgan fingerprint density at radius 2 is 1.92 bits per heavy atom. The van der Waals surface area contributed by atoms with Gasteiger partial charge >= 0.3 is 5.97 Å². The molecule has 1 aliphatic heterocycles. The maximum Gasteiger partial charge on any atom is 0.335 e. The number of rotatable bonds is 6. The zero-order valence-corrected chi connectivity index (χ0v) is 13.9. The van der Waals surface area contributed by atoms with Crippen molar-refractivity contribution in [1.29, 1.82) is 0 Å². The largest absolute Gasteiger partial charge is 0.491 e. The van der Waals surface area contributed by atoms with Gasteiger partial charge in [-0.2, -0.15) is 0 Å². The maximum absolute atomic E-state index is 13.8. The number of carboxylic acid groups (broad SMARTS) is 1. The number of anilines is 1. The number of aromatic carboxylic acids is 1.